The summed E-state index contributed by atoms with van der Waals surface area (Å²) in [6.45, 7) is 1.38. The largest absolute Gasteiger partial charge is 0.297 e. The third-order valence-electron chi connectivity index (χ3n) is 3.21. The van der Waals surface area contributed by atoms with Crippen LogP contribution in [0.2, 0.25) is 0 Å². The van der Waals surface area contributed by atoms with Crippen LogP contribution in [0, 0.1) is 5.92 Å². The number of rotatable bonds is 4. The van der Waals surface area contributed by atoms with Gasteiger partial charge in [-0.3, -0.25) is 4.90 Å². The van der Waals surface area contributed by atoms with E-state index < -0.39 is 5.92 Å². The molecular formula is C13H16BrF2N. The van der Waals surface area contributed by atoms with Gasteiger partial charge in [-0.05, 0) is 18.9 Å². The van der Waals surface area contributed by atoms with E-state index in [1.54, 1.807) is 18.2 Å². The molecule has 4 heteroatoms. The second kappa shape index (κ2) is 5.44. The molecule has 1 nitrogen and oxygen atoms in total. The van der Waals surface area contributed by atoms with Crippen LogP contribution in [0.4, 0.5) is 8.78 Å². The second-order valence-electron chi connectivity index (χ2n) is 4.61. The van der Waals surface area contributed by atoms with Crippen molar-refractivity contribution in [1.82, 2.24) is 4.90 Å². The molecule has 1 saturated heterocycles. The maximum Gasteiger partial charge on any atom is 0.285 e. The van der Waals surface area contributed by atoms with E-state index in [1.807, 2.05) is 4.90 Å². The fourth-order valence-electron chi connectivity index (χ4n) is 2.24. The van der Waals surface area contributed by atoms with E-state index >= 15 is 0 Å². The van der Waals surface area contributed by atoms with Crippen molar-refractivity contribution in [3.8, 4) is 0 Å². The van der Waals surface area contributed by atoms with Crippen LogP contribution in [0.5, 0.6) is 0 Å². The van der Waals surface area contributed by atoms with Crippen molar-refractivity contribution in [2.75, 3.05) is 25.0 Å². The third kappa shape index (κ3) is 3.26. The number of likely N-dealkylation sites (tertiary alicyclic amines) is 1. The Morgan fingerprint density at radius 2 is 2.00 bits per heavy atom. The van der Waals surface area contributed by atoms with Crippen LogP contribution < -0.4 is 0 Å². The zero-order chi connectivity index (χ0) is 12.3. The molecule has 0 radical (unpaired) electrons. The van der Waals surface area contributed by atoms with Crippen LogP contribution in [-0.2, 0) is 5.92 Å². The van der Waals surface area contributed by atoms with E-state index in [0.29, 0.717) is 5.92 Å². The van der Waals surface area contributed by atoms with E-state index in [-0.39, 0.29) is 12.1 Å². The molecule has 1 unspecified atom stereocenters. The Balaban J connectivity index is 1.98. The van der Waals surface area contributed by atoms with E-state index in [2.05, 4.69) is 15.9 Å². The standard InChI is InChI=1S/C13H16BrF2N/c14-8-11-6-7-17(9-11)10-13(15,16)12-4-2-1-3-5-12/h1-5,11H,6-10H2. The Morgan fingerprint density at radius 3 is 2.59 bits per heavy atom. The first-order chi connectivity index (χ1) is 8.12. The smallest absolute Gasteiger partial charge is 0.285 e. The van der Waals surface area contributed by atoms with Gasteiger partial charge in [-0.25, -0.2) is 0 Å². The van der Waals surface area contributed by atoms with Crippen molar-refractivity contribution < 1.29 is 8.78 Å². The molecule has 0 aromatic heterocycles. The van der Waals surface area contributed by atoms with E-state index in [9.17, 15) is 8.78 Å². The van der Waals surface area contributed by atoms with Gasteiger partial charge in [-0.1, -0.05) is 46.3 Å². The average molecular weight is 304 g/mol. The van der Waals surface area contributed by atoms with Gasteiger partial charge in [0.15, 0.2) is 0 Å². The molecule has 2 rings (SSSR count). The topological polar surface area (TPSA) is 3.24 Å². The normalized spacial score (nSPS) is 21.9. The lowest BCUT2D eigenvalue weighted by Gasteiger charge is -2.23. The molecule has 1 atom stereocenters. The highest BCUT2D eigenvalue weighted by Crippen LogP contribution is 2.31. The van der Waals surface area contributed by atoms with Gasteiger partial charge in [0.05, 0.1) is 6.54 Å². The molecule has 94 valence electrons. The first kappa shape index (κ1) is 13.0. The number of hydrogen-bond donors (Lipinski definition) is 0. The van der Waals surface area contributed by atoms with Gasteiger partial charge < -0.3 is 0 Å². The molecule has 1 aliphatic heterocycles. The summed E-state index contributed by atoms with van der Waals surface area (Å²) in [5.74, 6) is -2.23. The zero-order valence-electron chi connectivity index (χ0n) is 9.58. The van der Waals surface area contributed by atoms with Crippen molar-refractivity contribution >= 4 is 15.9 Å². The van der Waals surface area contributed by atoms with Crippen LogP contribution >= 0.6 is 15.9 Å². The summed E-state index contributed by atoms with van der Waals surface area (Å²) < 4.78 is 28.0. The maximum atomic E-state index is 14.0. The van der Waals surface area contributed by atoms with Gasteiger partial charge >= 0.3 is 0 Å². The minimum Gasteiger partial charge on any atom is -0.297 e. The Labute approximate surface area is 109 Å². The first-order valence-electron chi connectivity index (χ1n) is 5.83. The molecule has 0 spiro atoms. The summed E-state index contributed by atoms with van der Waals surface area (Å²) in [6, 6.07) is 8.08. The highest BCUT2D eigenvalue weighted by Gasteiger charge is 2.36. The maximum absolute atomic E-state index is 14.0. The number of hydrogen-bond acceptors (Lipinski definition) is 1. The van der Waals surface area contributed by atoms with Gasteiger partial charge in [-0.2, -0.15) is 8.78 Å². The summed E-state index contributed by atoms with van der Waals surface area (Å²) in [5.41, 5.74) is 0.113. The summed E-state index contributed by atoms with van der Waals surface area (Å²) >= 11 is 3.41. The number of nitrogens with zero attached hydrogens (tertiary/aromatic N) is 1. The predicted molar refractivity (Wildman–Crippen MR) is 68.7 cm³/mol. The van der Waals surface area contributed by atoms with Gasteiger partial charge in [0.1, 0.15) is 0 Å². The molecular weight excluding hydrogens is 288 g/mol. The summed E-state index contributed by atoms with van der Waals surface area (Å²) in [4.78, 5) is 1.86. The van der Waals surface area contributed by atoms with Crippen LogP contribution in [0.3, 0.4) is 0 Å². The average Bonchev–Trinajstić information content (AvgIpc) is 2.77. The molecule has 0 N–H and O–H groups in total. The van der Waals surface area contributed by atoms with Crippen LogP contribution in [0.15, 0.2) is 30.3 Å². The molecule has 1 aromatic rings. The third-order valence-corrected chi connectivity index (χ3v) is 4.12. The SMILES string of the molecule is FC(F)(CN1CCC(CBr)C1)c1ccccc1. The van der Waals surface area contributed by atoms with E-state index in [1.165, 1.54) is 12.1 Å². The number of benzene rings is 1. The Bertz CT molecular complexity index is 356. The van der Waals surface area contributed by atoms with Crippen molar-refractivity contribution in [3.05, 3.63) is 35.9 Å². The lowest BCUT2D eigenvalue weighted by molar-refractivity contribution is -0.0333. The van der Waals surface area contributed by atoms with Crippen LogP contribution in [0.25, 0.3) is 0 Å². The molecule has 1 aliphatic rings. The molecule has 0 amide bonds. The minimum absolute atomic E-state index is 0.113. The lowest BCUT2D eigenvalue weighted by atomic mass is 10.1. The summed E-state index contributed by atoms with van der Waals surface area (Å²) in [5, 5.41) is 0.903. The van der Waals surface area contributed by atoms with Gasteiger partial charge in [0, 0.05) is 17.4 Å². The van der Waals surface area contributed by atoms with Crippen LogP contribution in [-0.4, -0.2) is 29.9 Å². The Kier molecular flexibility index (Phi) is 4.15. The highest BCUT2D eigenvalue weighted by molar-refractivity contribution is 9.09. The van der Waals surface area contributed by atoms with Crippen LogP contribution in [0.1, 0.15) is 12.0 Å². The minimum atomic E-state index is -2.75. The Morgan fingerprint density at radius 1 is 1.29 bits per heavy atom. The molecule has 0 saturated carbocycles. The number of halogens is 3. The molecule has 1 aromatic carbocycles. The summed E-state index contributed by atoms with van der Waals surface area (Å²) in [7, 11) is 0. The Hall–Kier alpha value is -0.480. The molecule has 1 heterocycles. The van der Waals surface area contributed by atoms with Gasteiger partial charge in [0.25, 0.3) is 5.92 Å². The predicted octanol–water partition coefficient (Wildman–Crippen LogP) is 3.50. The zero-order valence-corrected chi connectivity index (χ0v) is 11.2. The van der Waals surface area contributed by atoms with Gasteiger partial charge in [-0.15, -0.1) is 0 Å². The fraction of sp³-hybridized carbons (Fsp3) is 0.538. The fourth-order valence-corrected chi connectivity index (χ4v) is 2.77. The lowest BCUT2D eigenvalue weighted by Crippen LogP contribution is -2.34. The van der Waals surface area contributed by atoms with E-state index in [4.69, 9.17) is 0 Å². The number of alkyl halides is 3. The molecule has 17 heavy (non-hydrogen) atoms. The summed E-state index contributed by atoms with van der Waals surface area (Å²) in [6.07, 6.45) is 1.01. The molecule has 0 aliphatic carbocycles. The van der Waals surface area contributed by atoms with Crippen molar-refractivity contribution in [2.45, 2.75) is 12.3 Å². The van der Waals surface area contributed by atoms with Gasteiger partial charge in [0.2, 0.25) is 0 Å². The molecule has 1 fully saturated rings. The van der Waals surface area contributed by atoms with Crippen molar-refractivity contribution in [3.63, 3.8) is 0 Å². The van der Waals surface area contributed by atoms with Crippen molar-refractivity contribution in [2.24, 2.45) is 5.92 Å². The van der Waals surface area contributed by atoms with Crippen molar-refractivity contribution in [1.29, 1.82) is 0 Å². The quantitative estimate of drug-likeness (QED) is 0.770. The first-order valence-corrected chi connectivity index (χ1v) is 6.95. The monoisotopic (exact) mass is 303 g/mol. The second-order valence-corrected chi connectivity index (χ2v) is 5.26. The van der Waals surface area contributed by atoms with E-state index in [0.717, 1.165) is 24.8 Å². The highest BCUT2D eigenvalue weighted by atomic mass is 79.9. The molecule has 0 bridgehead atoms.